The van der Waals surface area contributed by atoms with Gasteiger partial charge in [0.25, 0.3) is 0 Å². The number of nitrogens with one attached hydrogen (secondary N) is 1. The van der Waals surface area contributed by atoms with Gasteiger partial charge in [-0.05, 0) is 60.9 Å². The van der Waals surface area contributed by atoms with Crippen molar-refractivity contribution in [1.82, 2.24) is 9.34 Å². The molecule has 0 saturated carbocycles. The van der Waals surface area contributed by atoms with Gasteiger partial charge in [0.15, 0.2) is 0 Å². The van der Waals surface area contributed by atoms with E-state index < -0.39 is 7.59 Å². The third kappa shape index (κ3) is 5.52. The van der Waals surface area contributed by atoms with Gasteiger partial charge in [0, 0.05) is 41.9 Å². The first-order valence-electron chi connectivity index (χ1n) is 10.4. The zero-order valence-electron chi connectivity index (χ0n) is 17.5. The van der Waals surface area contributed by atoms with Crippen LogP contribution < -0.4 is 5.09 Å². The highest BCUT2D eigenvalue weighted by molar-refractivity contribution is 7.60. The Morgan fingerprint density at radius 2 is 1.23 bits per heavy atom. The lowest BCUT2D eigenvalue weighted by molar-refractivity contribution is 0.273. The Labute approximate surface area is 194 Å². The minimum Gasteiger partial charge on any atom is -0.313 e. The normalized spacial score (nSPS) is 16.9. The molecule has 162 valence electrons. The lowest BCUT2D eigenvalue weighted by Crippen LogP contribution is -2.41. The van der Waals surface area contributed by atoms with Crippen molar-refractivity contribution in [2.24, 2.45) is 0 Å². The maximum atomic E-state index is 14.6. The summed E-state index contributed by atoms with van der Waals surface area (Å²) in [7, 11) is -3.07. The van der Waals surface area contributed by atoms with E-state index in [0.717, 1.165) is 36.3 Å². The minimum absolute atomic E-state index is 0.588. The molecule has 1 N–H and O–H groups in total. The monoisotopic (exact) mass is 473 g/mol. The van der Waals surface area contributed by atoms with Crippen molar-refractivity contribution in [2.45, 2.75) is 26.4 Å². The molecule has 0 amide bonds. The molecule has 0 aromatic heterocycles. The third-order valence-corrected chi connectivity index (χ3v) is 8.75. The first-order valence-corrected chi connectivity index (χ1v) is 12.7. The molecule has 1 aliphatic heterocycles. The molecular formula is C24H26Cl2N3OP. The van der Waals surface area contributed by atoms with E-state index in [4.69, 9.17) is 23.2 Å². The highest BCUT2D eigenvalue weighted by Crippen LogP contribution is 2.56. The second-order valence-electron chi connectivity index (χ2n) is 7.90. The number of rotatable bonds is 6. The molecule has 7 heteroatoms. The largest absolute Gasteiger partial charge is 0.313 e. The number of benzene rings is 3. The smallest absolute Gasteiger partial charge is 0.309 e. The lowest BCUT2D eigenvalue weighted by Gasteiger charge is -2.43. The molecule has 3 aromatic carbocycles. The Kier molecular flexibility index (Phi) is 7.05. The number of anilines is 1. The minimum atomic E-state index is -3.07. The summed E-state index contributed by atoms with van der Waals surface area (Å²) < 4.78 is 18.7. The average molecular weight is 474 g/mol. The predicted octanol–water partition coefficient (Wildman–Crippen LogP) is 7.23. The molecule has 1 saturated heterocycles. The van der Waals surface area contributed by atoms with Crippen LogP contribution in [-0.4, -0.2) is 22.4 Å². The fourth-order valence-electron chi connectivity index (χ4n) is 3.77. The van der Waals surface area contributed by atoms with Crippen molar-refractivity contribution < 1.29 is 4.57 Å². The van der Waals surface area contributed by atoms with Crippen molar-refractivity contribution in [3.05, 3.63) is 99.5 Å². The summed E-state index contributed by atoms with van der Waals surface area (Å²) in [6.07, 6.45) is 0.945. The Bertz CT molecular complexity index is 996. The summed E-state index contributed by atoms with van der Waals surface area (Å²) >= 11 is 12.1. The summed E-state index contributed by atoms with van der Waals surface area (Å²) in [4.78, 5) is 0. The van der Waals surface area contributed by atoms with E-state index in [1.54, 1.807) is 0 Å². The van der Waals surface area contributed by atoms with Crippen molar-refractivity contribution in [3.8, 4) is 0 Å². The highest BCUT2D eigenvalue weighted by Gasteiger charge is 2.40. The number of halogens is 2. The molecule has 4 rings (SSSR count). The summed E-state index contributed by atoms with van der Waals surface area (Å²) in [5, 5.41) is 4.81. The quantitative estimate of drug-likeness (QED) is 0.383. The van der Waals surface area contributed by atoms with Gasteiger partial charge < -0.3 is 5.09 Å². The van der Waals surface area contributed by atoms with E-state index in [2.05, 4.69) is 14.4 Å². The van der Waals surface area contributed by atoms with Crippen LogP contribution >= 0.6 is 30.8 Å². The van der Waals surface area contributed by atoms with Gasteiger partial charge in [-0.25, -0.2) is 9.34 Å². The van der Waals surface area contributed by atoms with E-state index in [9.17, 15) is 4.57 Å². The Hall–Kier alpha value is -1.81. The van der Waals surface area contributed by atoms with E-state index in [1.807, 2.05) is 79.7 Å². The van der Waals surface area contributed by atoms with E-state index in [0.29, 0.717) is 23.1 Å². The first kappa shape index (κ1) is 22.4. The number of aryl methyl sites for hydroxylation is 1. The van der Waals surface area contributed by atoms with Gasteiger partial charge in [0.2, 0.25) is 0 Å². The van der Waals surface area contributed by atoms with Gasteiger partial charge in [-0.2, -0.15) is 0 Å². The van der Waals surface area contributed by atoms with Gasteiger partial charge >= 0.3 is 7.59 Å². The fourth-order valence-corrected chi connectivity index (χ4v) is 6.69. The van der Waals surface area contributed by atoms with E-state index in [-0.39, 0.29) is 0 Å². The van der Waals surface area contributed by atoms with Crippen LogP contribution in [0.4, 0.5) is 5.69 Å². The Morgan fingerprint density at radius 1 is 0.774 bits per heavy atom. The standard InChI is InChI=1S/C24H26Cl2N3OP/c1-19-3-13-24(14-4-19)27-31(30)28(17-20-5-9-22(25)10-6-20)15-2-16-29(31)18-21-7-11-23(26)12-8-21/h3-14H,2,15-18H2,1H3,(H,27,30). The molecule has 1 fully saturated rings. The second kappa shape index (κ2) is 9.77. The van der Waals surface area contributed by atoms with E-state index >= 15 is 0 Å². The van der Waals surface area contributed by atoms with Crippen molar-refractivity contribution in [2.75, 3.05) is 18.2 Å². The number of hydrogen-bond donors (Lipinski definition) is 1. The second-order valence-corrected chi connectivity index (χ2v) is 11.2. The van der Waals surface area contributed by atoms with Crippen molar-refractivity contribution >= 4 is 36.5 Å². The average Bonchev–Trinajstić information content (AvgIpc) is 2.76. The van der Waals surface area contributed by atoms with Crippen LogP contribution in [0.25, 0.3) is 0 Å². The van der Waals surface area contributed by atoms with Crippen LogP contribution in [0.3, 0.4) is 0 Å². The lowest BCUT2D eigenvalue weighted by atomic mass is 10.2. The molecule has 1 aliphatic rings. The van der Waals surface area contributed by atoms with Gasteiger partial charge in [0.05, 0.1) is 0 Å². The van der Waals surface area contributed by atoms with Crippen LogP contribution in [-0.2, 0) is 17.7 Å². The zero-order chi connectivity index (χ0) is 21.8. The molecule has 0 unspecified atom stereocenters. The molecule has 3 aromatic rings. The Morgan fingerprint density at radius 3 is 1.68 bits per heavy atom. The zero-order valence-corrected chi connectivity index (χ0v) is 19.9. The van der Waals surface area contributed by atoms with Crippen molar-refractivity contribution in [1.29, 1.82) is 0 Å². The maximum absolute atomic E-state index is 14.6. The summed E-state index contributed by atoms with van der Waals surface area (Å²) in [5.74, 6) is 0. The topological polar surface area (TPSA) is 35.6 Å². The van der Waals surface area contributed by atoms with Crippen LogP contribution in [0, 0.1) is 6.92 Å². The van der Waals surface area contributed by atoms with Gasteiger partial charge in [-0.3, -0.25) is 4.57 Å². The van der Waals surface area contributed by atoms with E-state index in [1.165, 1.54) is 5.56 Å². The predicted molar refractivity (Wildman–Crippen MR) is 131 cm³/mol. The summed E-state index contributed by atoms with van der Waals surface area (Å²) in [6, 6.07) is 23.6. The fraction of sp³-hybridized carbons (Fsp3) is 0.250. The SMILES string of the molecule is Cc1ccc(NP2(=O)N(Cc3ccc(Cl)cc3)CCCN2Cc2ccc(Cl)cc2)cc1. The van der Waals surface area contributed by atoms with Crippen molar-refractivity contribution in [3.63, 3.8) is 0 Å². The molecule has 0 bridgehead atoms. The Balaban J connectivity index is 1.64. The van der Waals surface area contributed by atoms with Crippen LogP contribution in [0.1, 0.15) is 23.1 Å². The molecule has 4 nitrogen and oxygen atoms in total. The molecule has 1 heterocycles. The molecule has 31 heavy (non-hydrogen) atoms. The number of nitrogens with zero attached hydrogens (tertiary/aromatic N) is 2. The number of hydrogen-bond acceptors (Lipinski definition) is 1. The molecule has 0 atom stereocenters. The van der Waals surface area contributed by atoms with Gasteiger partial charge in [0.1, 0.15) is 0 Å². The van der Waals surface area contributed by atoms with Crippen LogP contribution in [0.15, 0.2) is 72.8 Å². The molecule has 0 radical (unpaired) electrons. The van der Waals surface area contributed by atoms with Crippen LogP contribution in [0.5, 0.6) is 0 Å². The summed E-state index contributed by atoms with van der Waals surface area (Å²) in [6.45, 7) is 4.74. The first-order chi connectivity index (χ1) is 14.9. The van der Waals surface area contributed by atoms with Crippen LogP contribution in [0.2, 0.25) is 10.0 Å². The summed E-state index contributed by atoms with van der Waals surface area (Å²) in [5.41, 5.74) is 4.20. The van der Waals surface area contributed by atoms with Gasteiger partial charge in [-0.1, -0.05) is 65.2 Å². The molecule has 0 aliphatic carbocycles. The maximum Gasteiger partial charge on any atom is 0.309 e. The third-order valence-electron chi connectivity index (χ3n) is 5.48. The molecular weight excluding hydrogens is 448 g/mol. The highest BCUT2D eigenvalue weighted by atomic mass is 35.5. The molecule has 0 spiro atoms. The van der Waals surface area contributed by atoms with Gasteiger partial charge in [-0.15, -0.1) is 0 Å².